The van der Waals surface area contributed by atoms with E-state index in [-0.39, 0.29) is 27.8 Å². The number of rotatable bonds is 16. The molecule has 0 amide bonds. The Balaban J connectivity index is 0.000000106. The second kappa shape index (κ2) is 41.4. The fraction of sp³-hybridized carbons (Fsp3) is 0.372. The van der Waals surface area contributed by atoms with Gasteiger partial charge in [0.25, 0.3) is 27.8 Å². The lowest BCUT2D eigenvalue weighted by atomic mass is 9.86. The number of likely N-dealkylation sites (N-methyl/N-ethyl adjacent to an activating group) is 1. The average molecular weight is 2010 g/mol. The summed E-state index contributed by atoms with van der Waals surface area (Å²) in [6.45, 7) is 33.7. The Morgan fingerprint density at radius 3 is 1.35 bits per heavy atom. The van der Waals surface area contributed by atoms with Crippen LogP contribution in [0.5, 0.6) is 0 Å². The number of fused-ring (bicyclic) bond motifs is 10. The molecule has 6 fully saturated rings. The van der Waals surface area contributed by atoms with Gasteiger partial charge in [-0.3, -0.25) is 75.5 Å². The molecule has 26 rings (SSSR count). The van der Waals surface area contributed by atoms with E-state index in [1.165, 1.54) is 50.8 Å². The zero-order valence-electron chi connectivity index (χ0n) is 87.4. The van der Waals surface area contributed by atoms with Crippen LogP contribution in [0, 0.1) is 60.8 Å². The molecule has 19 aromatic heterocycles. The van der Waals surface area contributed by atoms with Crippen molar-refractivity contribution >= 4 is 78.3 Å². The molecule has 1 aromatic carbocycles. The van der Waals surface area contributed by atoms with E-state index in [1.54, 1.807) is 61.4 Å². The fourth-order valence-corrected chi connectivity index (χ4v) is 22.0. The minimum Gasteiger partial charge on any atom is -0.370 e. The molecule has 150 heavy (non-hydrogen) atoms. The molecule has 37 heteroatoms. The van der Waals surface area contributed by atoms with Gasteiger partial charge >= 0.3 is 0 Å². The molecule has 1 unspecified atom stereocenters. The molecule has 2 N–H and O–H groups in total. The van der Waals surface area contributed by atoms with Crippen LogP contribution in [0.1, 0.15) is 133 Å². The number of likely N-dealkylation sites (tertiary alicyclic amines) is 1. The van der Waals surface area contributed by atoms with Crippen molar-refractivity contribution in [2.75, 3.05) is 134 Å². The first-order chi connectivity index (χ1) is 72.5. The summed E-state index contributed by atoms with van der Waals surface area (Å²) in [4.78, 5) is 120. The van der Waals surface area contributed by atoms with Gasteiger partial charge in [0, 0.05) is 156 Å². The number of anilines is 3. The van der Waals surface area contributed by atoms with Crippen LogP contribution in [0.3, 0.4) is 0 Å². The molecule has 6 aliphatic rings. The summed E-state index contributed by atoms with van der Waals surface area (Å²) >= 11 is 0. The van der Waals surface area contributed by atoms with E-state index in [9.17, 15) is 24.0 Å². The number of aromatic nitrogens is 24. The molecule has 6 saturated heterocycles. The Morgan fingerprint density at radius 1 is 0.393 bits per heavy atom. The van der Waals surface area contributed by atoms with Gasteiger partial charge in [-0.1, -0.05) is 31.9 Å². The number of benzene rings is 1. The highest BCUT2D eigenvalue weighted by atomic mass is 16.1. The van der Waals surface area contributed by atoms with Gasteiger partial charge in [-0.05, 0) is 281 Å². The van der Waals surface area contributed by atoms with Crippen molar-refractivity contribution in [3.05, 3.63) is 303 Å². The smallest absolute Gasteiger partial charge is 0.258 e. The molecule has 0 bridgehead atoms. The third-order valence-corrected chi connectivity index (χ3v) is 30.0. The van der Waals surface area contributed by atoms with Gasteiger partial charge < -0.3 is 35.1 Å². The van der Waals surface area contributed by atoms with E-state index in [2.05, 4.69) is 143 Å². The van der Waals surface area contributed by atoms with Gasteiger partial charge in [0.15, 0.2) is 0 Å². The maximum absolute atomic E-state index is 13.0. The highest BCUT2D eigenvalue weighted by Crippen LogP contribution is 2.39. The minimum absolute atomic E-state index is 0.0649. The van der Waals surface area contributed by atoms with Gasteiger partial charge in [-0.15, -0.1) is 0 Å². The van der Waals surface area contributed by atoms with Crippen molar-refractivity contribution < 1.29 is 0 Å². The Hall–Kier alpha value is -15.8. The van der Waals surface area contributed by atoms with Crippen molar-refractivity contribution in [3.63, 3.8) is 0 Å². The van der Waals surface area contributed by atoms with Crippen molar-refractivity contribution in [2.45, 2.75) is 145 Å². The van der Waals surface area contributed by atoms with Crippen LogP contribution in [0.4, 0.5) is 17.1 Å². The third-order valence-electron chi connectivity index (χ3n) is 30.0. The van der Waals surface area contributed by atoms with E-state index in [0.717, 1.165) is 236 Å². The summed E-state index contributed by atoms with van der Waals surface area (Å²) in [5.74, 6) is 0.494. The first-order valence-corrected chi connectivity index (χ1v) is 52.3. The van der Waals surface area contributed by atoms with Gasteiger partial charge in [0.2, 0.25) is 0 Å². The first-order valence-electron chi connectivity index (χ1n) is 52.3. The average Bonchev–Trinajstić information content (AvgIpc) is 1.53. The zero-order valence-corrected chi connectivity index (χ0v) is 87.4. The van der Waals surface area contributed by atoms with Gasteiger partial charge in [0.1, 0.15) is 51.0 Å². The largest absolute Gasteiger partial charge is 0.370 e. The molecule has 6 aliphatic heterocycles. The van der Waals surface area contributed by atoms with Crippen LogP contribution in [-0.4, -0.2) is 255 Å². The number of nitrogens with zero attached hydrogens (tertiary/aromatic N) is 30. The standard InChI is InChI=1S/C24H27N7O.C23H25N7O.C23H26N6O.C22H24N6O.C21H24N6O/c1-16-12-31-22(17(2)25-16)10-21(27-31)20-11-24(32)30-15-18(6-7-23(30)26-20)29-13-19(14-29)28-8-4-3-5-9-28;1-15-11-30-20(16(2)25-15)9-19(27-30)18-10-22(31)29-12-17(3-4-21(29)26-18)28-8-6-23(14-28)5-7-24-13-23;1-3-4-18-21-11-20(27-29(21)13-15(2)25-18)19-12-23(30)28-14-17(5-6-22(28)26-19)16-7-9-24-10-8-16;1-15-10-16(11-17-13-26(3)24-22(15)17)19-12-21(29)28-14-18(4-5-20(28)23-19)27-8-6-25(2)7-9-27;1-14-12-27-19(15(2)22-14)10-18(24-27)17-11-21(28)26-13-16(6-5-9-25(3)4)7-8-20(26)23-17/h6-7,10-12,15,19H,3-5,8-9,13-14H2,1-2H3;3-4,9-12,24H,5-8,13-14H2,1-2H3;5-6,11-14,16,24H,3-4,7-10H2,1-2H3;4-5,10-14H,6-9H2,1-3H3;7-8,10-13H,5-6,9H2,1-4H3. The van der Waals surface area contributed by atoms with Crippen LogP contribution in [-0.2, 0) is 19.9 Å². The van der Waals surface area contributed by atoms with E-state index in [1.807, 2.05) is 211 Å². The Kier molecular flexibility index (Phi) is 27.2. The highest BCUT2D eigenvalue weighted by molar-refractivity contribution is 5.87. The minimum atomic E-state index is -0.0995. The number of pyridine rings is 5. The van der Waals surface area contributed by atoms with E-state index < -0.39 is 0 Å². The molecule has 0 saturated carbocycles. The molecule has 1 spiro atoms. The Labute approximate surface area is 865 Å². The van der Waals surface area contributed by atoms with Gasteiger partial charge in [-0.2, -0.15) is 25.5 Å². The lowest BCUT2D eigenvalue weighted by Crippen LogP contribution is -2.60. The van der Waals surface area contributed by atoms with Crippen LogP contribution in [0.15, 0.2) is 213 Å². The lowest BCUT2D eigenvalue weighted by molar-refractivity contribution is 0.139. The first kappa shape index (κ1) is 98.8. The summed E-state index contributed by atoms with van der Waals surface area (Å²) < 4.78 is 17.3. The van der Waals surface area contributed by atoms with Gasteiger partial charge in [-0.25, -0.2) is 43.0 Å². The zero-order chi connectivity index (χ0) is 104. The van der Waals surface area contributed by atoms with Crippen LogP contribution in [0.25, 0.3) is 118 Å². The van der Waals surface area contributed by atoms with E-state index in [4.69, 9.17) is 19.9 Å². The quantitative estimate of drug-likeness (QED) is 0.0907. The molecular formula is C113H126N32O5. The van der Waals surface area contributed by atoms with Crippen molar-refractivity contribution in [1.82, 2.24) is 140 Å². The number of hydrogen-bond donors (Lipinski definition) is 2. The number of nitrogens with one attached hydrogen (secondary N) is 2. The third kappa shape index (κ3) is 20.6. The van der Waals surface area contributed by atoms with Crippen LogP contribution < -0.4 is 53.1 Å². The van der Waals surface area contributed by atoms with Crippen molar-refractivity contribution in [1.29, 1.82) is 0 Å². The van der Waals surface area contributed by atoms with E-state index >= 15 is 0 Å². The second-order valence-corrected chi connectivity index (χ2v) is 41.6. The monoisotopic (exact) mass is 2010 g/mol. The van der Waals surface area contributed by atoms with Gasteiger partial charge in [0.05, 0.1) is 143 Å². The predicted octanol–water partition coefficient (Wildman–Crippen LogP) is 12.9. The predicted molar refractivity (Wildman–Crippen MR) is 586 cm³/mol. The maximum Gasteiger partial charge on any atom is 0.258 e. The summed E-state index contributed by atoms with van der Waals surface area (Å²) in [6.07, 6.45) is 31.7. The number of hydrogen-bond acceptors (Lipinski definition) is 27. The van der Waals surface area contributed by atoms with Crippen LogP contribution >= 0.6 is 0 Å². The fourth-order valence-electron chi connectivity index (χ4n) is 22.0. The number of piperidine rings is 2. The summed E-state index contributed by atoms with van der Waals surface area (Å²) in [7, 11) is 8.18. The molecule has 0 radical (unpaired) electrons. The van der Waals surface area contributed by atoms with Crippen molar-refractivity contribution in [2.24, 2.45) is 12.5 Å². The van der Waals surface area contributed by atoms with Crippen LogP contribution in [0.2, 0.25) is 0 Å². The summed E-state index contributed by atoms with van der Waals surface area (Å²) in [5, 5.41) is 31.0. The SMILES string of the molecule is CCCc1nc(C)cn2nc(-c3cc(=O)n4cc(C5CCNCC5)ccc4n3)cc12.Cc1cc(-c2cc(=O)n3cc(N4CCN(C)CC4)ccc3n2)cc2cn(C)nc12.Cc1cn2nc(-c3cc(=O)n4cc(CCCN(C)C)ccc4n3)cc2c(C)n1.Cc1cn2nc(-c3cc(=O)n4cc(N5CC(N6CCCCC6)C5)ccc4n3)cc2c(C)n1.Cc1cn2nc(-c3cc(=O)n4cc(N5CCC6(CCNC6)C5)ccc4n3)cc2c(C)n1. The highest BCUT2D eigenvalue weighted by Gasteiger charge is 2.41. The molecule has 1 atom stereocenters. The molecular weight excluding hydrogens is 1890 g/mol. The Bertz CT molecular complexity index is 8910. The lowest BCUT2D eigenvalue weighted by Gasteiger charge is -2.47. The maximum atomic E-state index is 13.0. The molecule has 768 valence electrons. The molecule has 25 heterocycles. The Morgan fingerprint density at radius 2 is 0.847 bits per heavy atom. The molecule has 20 aromatic rings. The molecule has 37 nitrogen and oxygen atoms in total. The summed E-state index contributed by atoms with van der Waals surface area (Å²) in [6, 6.07) is 40.4. The normalized spacial score (nSPS) is 16.4. The summed E-state index contributed by atoms with van der Waals surface area (Å²) in [5.41, 5.74) is 28.5. The van der Waals surface area contributed by atoms with Crippen molar-refractivity contribution in [3.8, 4) is 56.8 Å². The topological polar surface area (TPSA) is 354 Å². The second-order valence-electron chi connectivity index (χ2n) is 41.6. The molecule has 0 aliphatic carbocycles. The number of aryl methyl sites for hydroxylation is 11. The number of piperazine rings is 1. The van der Waals surface area contributed by atoms with E-state index in [0.29, 0.717) is 96.9 Å².